The number of nitrogens with zero attached hydrogens (tertiary/aromatic N) is 1. The highest BCUT2D eigenvalue weighted by molar-refractivity contribution is 5.79. The summed E-state index contributed by atoms with van der Waals surface area (Å²) in [6.07, 6.45) is 2.31. The lowest BCUT2D eigenvalue weighted by Crippen LogP contribution is -2.38. The van der Waals surface area contributed by atoms with E-state index in [2.05, 4.69) is 39.9 Å². The van der Waals surface area contributed by atoms with Gasteiger partial charge in [-0.3, -0.25) is 4.99 Å². The fraction of sp³-hybridized carbons (Fsp3) is 0.435. The molecule has 29 heavy (non-hydrogen) atoms. The van der Waals surface area contributed by atoms with Crippen LogP contribution in [-0.4, -0.2) is 45.5 Å². The zero-order valence-electron chi connectivity index (χ0n) is 17.1. The average molecular weight is 398 g/mol. The van der Waals surface area contributed by atoms with Gasteiger partial charge in [0.05, 0.1) is 19.3 Å². The van der Waals surface area contributed by atoms with E-state index >= 15 is 0 Å². The van der Waals surface area contributed by atoms with Crippen molar-refractivity contribution >= 4 is 5.96 Å². The van der Waals surface area contributed by atoms with E-state index < -0.39 is 0 Å². The van der Waals surface area contributed by atoms with Gasteiger partial charge < -0.3 is 24.8 Å². The van der Waals surface area contributed by atoms with Crippen LogP contribution in [0.1, 0.15) is 24.0 Å². The van der Waals surface area contributed by atoms with Crippen LogP contribution < -0.4 is 15.4 Å². The maximum absolute atomic E-state index is 5.97. The van der Waals surface area contributed by atoms with Crippen molar-refractivity contribution in [2.45, 2.75) is 32.1 Å². The molecule has 1 fully saturated rings. The van der Waals surface area contributed by atoms with Crippen LogP contribution in [0.25, 0.3) is 0 Å². The lowest BCUT2D eigenvalue weighted by atomic mass is 10.1. The van der Waals surface area contributed by atoms with Crippen molar-refractivity contribution in [2.75, 3.05) is 33.4 Å². The summed E-state index contributed by atoms with van der Waals surface area (Å²) >= 11 is 0. The zero-order valence-corrected chi connectivity index (χ0v) is 17.1. The predicted molar refractivity (Wildman–Crippen MR) is 115 cm³/mol. The number of para-hydroxylation sites is 1. The van der Waals surface area contributed by atoms with Crippen LogP contribution in [0.4, 0.5) is 0 Å². The molecule has 1 aliphatic heterocycles. The van der Waals surface area contributed by atoms with Gasteiger partial charge >= 0.3 is 0 Å². The summed E-state index contributed by atoms with van der Waals surface area (Å²) in [5.74, 6) is 1.63. The SMILES string of the molecule is CN=C(NCCOc1ccccc1)NCc1ccc(COC2CCOCC2)cc1. The number of aliphatic imine (C=N–C) groups is 1. The lowest BCUT2D eigenvalue weighted by molar-refractivity contribution is -0.0390. The van der Waals surface area contributed by atoms with E-state index in [1.54, 1.807) is 7.05 Å². The Morgan fingerprint density at radius 2 is 1.72 bits per heavy atom. The van der Waals surface area contributed by atoms with Gasteiger partial charge in [0.25, 0.3) is 0 Å². The van der Waals surface area contributed by atoms with Crippen molar-refractivity contribution < 1.29 is 14.2 Å². The molecule has 1 aliphatic rings. The van der Waals surface area contributed by atoms with Gasteiger partial charge in [-0.2, -0.15) is 0 Å². The van der Waals surface area contributed by atoms with Crippen LogP contribution in [-0.2, 0) is 22.6 Å². The highest BCUT2D eigenvalue weighted by Crippen LogP contribution is 2.14. The molecule has 3 rings (SSSR count). The number of guanidine groups is 1. The normalized spacial score (nSPS) is 15.1. The fourth-order valence-electron chi connectivity index (χ4n) is 3.07. The number of nitrogens with one attached hydrogen (secondary N) is 2. The summed E-state index contributed by atoms with van der Waals surface area (Å²) in [5, 5.41) is 6.59. The summed E-state index contributed by atoms with van der Waals surface area (Å²) in [4.78, 5) is 4.26. The van der Waals surface area contributed by atoms with E-state index in [1.807, 2.05) is 30.3 Å². The Labute approximate surface area is 173 Å². The van der Waals surface area contributed by atoms with Crippen molar-refractivity contribution in [1.29, 1.82) is 0 Å². The van der Waals surface area contributed by atoms with Crippen molar-refractivity contribution in [3.63, 3.8) is 0 Å². The minimum Gasteiger partial charge on any atom is -0.492 e. The minimum absolute atomic E-state index is 0.324. The van der Waals surface area contributed by atoms with Crippen LogP contribution in [0.2, 0.25) is 0 Å². The van der Waals surface area contributed by atoms with E-state index in [1.165, 1.54) is 11.1 Å². The number of ether oxygens (including phenoxy) is 3. The van der Waals surface area contributed by atoms with Crippen molar-refractivity contribution in [1.82, 2.24) is 10.6 Å². The molecule has 1 saturated heterocycles. The van der Waals surface area contributed by atoms with Gasteiger partial charge in [0.2, 0.25) is 0 Å². The van der Waals surface area contributed by atoms with Crippen LogP contribution in [0.15, 0.2) is 59.6 Å². The third-order valence-electron chi connectivity index (χ3n) is 4.77. The number of rotatable bonds is 9. The standard InChI is InChI=1S/C23H31N3O3/c1-24-23(25-13-16-28-21-5-3-2-4-6-21)26-17-19-7-9-20(10-8-19)18-29-22-11-14-27-15-12-22/h2-10,22H,11-18H2,1H3,(H2,24,25,26). The lowest BCUT2D eigenvalue weighted by Gasteiger charge is -2.22. The first-order valence-electron chi connectivity index (χ1n) is 10.2. The molecule has 1 heterocycles. The molecule has 0 amide bonds. The highest BCUT2D eigenvalue weighted by atomic mass is 16.5. The maximum Gasteiger partial charge on any atom is 0.191 e. The Balaban J connectivity index is 1.33. The number of hydrogen-bond donors (Lipinski definition) is 2. The van der Waals surface area contributed by atoms with Crippen LogP contribution in [0.5, 0.6) is 5.75 Å². The summed E-state index contributed by atoms with van der Waals surface area (Å²) in [5.41, 5.74) is 2.39. The molecule has 2 N–H and O–H groups in total. The number of hydrogen-bond acceptors (Lipinski definition) is 4. The molecular formula is C23H31N3O3. The molecule has 0 bridgehead atoms. The van der Waals surface area contributed by atoms with Gasteiger partial charge in [-0.15, -0.1) is 0 Å². The van der Waals surface area contributed by atoms with Gasteiger partial charge in [0, 0.05) is 26.8 Å². The predicted octanol–water partition coefficient (Wildman–Crippen LogP) is 3.13. The Morgan fingerprint density at radius 1 is 1.00 bits per heavy atom. The average Bonchev–Trinajstić information content (AvgIpc) is 2.79. The van der Waals surface area contributed by atoms with E-state index in [9.17, 15) is 0 Å². The first kappa shape index (κ1) is 21.1. The van der Waals surface area contributed by atoms with E-state index in [0.717, 1.165) is 37.8 Å². The quantitative estimate of drug-likeness (QED) is 0.387. The van der Waals surface area contributed by atoms with E-state index in [-0.39, 0.29) is 0 Å². The van der Waals surface area contributed by atoms with Crippen molar-refractivity contribution in [3.05, 3.63) is 65.7 Å². The molecule has 156 valence electrons. The van der Waals surface area contributed by atoms with E-state index in [0.29, 0.717) is 32.4 Å². The zero-order chi connectivity index (χ0) is 20.2. The molecule has 0 spiro atoms. The van der Waals surface area contributed by atoms with Gasteiger partial charge in [0.15, 0.2) is 5.96 Å². The molecular weight excluding hydrogens is 366 g/mol. The van der Waals surface area contributed by atoms with Crippen molar-refractivity contribution in [2.24, 2.45) is 4.99 Å². The smallest absolute Gasteiger partial charge is 0.191 e. The van der Waals surface area contributed by atoms with Crippen molar-refractivity contribution in [3.8, 4) is 5.75 Å². The van der Waals surface area contributed by atoms with Gasteiger partial charge in [-0.1, -0.05) is 42.5 Å². The molecule has 6 nitrogen and oxygen atoms in total. The Kier molecular flexibility index (Phi) is 8.82. The molecule has 2 aromatic carbocycles. The second-order valence-corrected chi connectivity index (χ2v) is 6.95. The first-order chi connectivity index (χ1) is 14.3. The molecule has 0 unspecified atom stereocenters. The summed E-state index contributed by atoms with van der Waals surface area (Å²) in [6, 6.07) is 18.3. The Hall–Kier alpha value is -2.57. The summed E-state index contributed by atoms with van der Waals surface area (Å²) < 4.78 is 17.0. The van der Waals surface area contributed by atoms with E-state index in [4.69, 9.17) is 14.2 Å². The third kappa shape index (κ3) is 7.75. The molecule has 6 heteroatoms. The monoisotopic (exact) mass is 397 g/mol. The Bertz CT molecular complexity index is 729. The summed E-state index contributed by atoms with van der Waals surface area (Å²) in [6.45, 7) is 4.24. The Morgan fingerprint density at radius 3 is 2.45 bits per heavy atom. The number of benzene rings is 2. The largest absolute Gasteiger partial charge is 0.492 e. The maximum atomic E-state index is 5.97. The topological polar surface area (TPSA) is 64.1 Å². The van der Waals surface area contributed by atoms with Crippen LogP contribution in [0, 0.1) is 0 Å². The fourth-order valence-corrected chi connectivity index (χ4v) is 3.07. The minimum atomic E-state index is 0.324. The second kappa shape index (κ2) is 12.1. The van der Waals surface area contributed by atoms with Gasteiger partial charge in [-0.25, -0.2) is 0 Å². The molecule has 0 atom stereocenters. The van der Waals surface area contributed by atoms with Crippen LogP contribution in [0.3, 0.4) is 0 Å². The van der Waals surface area contributed by atoms with Gasteiger partial charge in [-0.05, 0) is 36.1 Å². The van der Waals surface area contributed by atoms with Gasteiger partial charge in [0.1, 0.15) is 12.4 Å². The summed E-state index contributed by atoms with van der Waals surface area (Å²) in [7, 11) is 1.77. The molecule has 0 aromatic heterocycles. The highest BCUT2D eigenvalue weighted by Gasteiger charge is 2.13. The first-order valence-corrected chi connectivity index (χ1v) is 10.2. The molecule has 0 saturated carbocycles. The van der Waals surface area contributed by atoms with Crippen LogP contribution >= 0.6 is 0 Å². The molecule has 0 aliphatic carbocycles. The second-order valence-electron chi connectivity index (χ2n) is 6.95. The molecule has 0 radical (unpaired) electrons. The molecule has 2 aromatic rings. The third-order valence-corrected chi connectivity index (χ3v) is 4.77.